The fraction of sp³-hybridized carbons (Fsp3) is 0.208. The maximum Gasteiger partial charge on any atom is 0.418 e. The van der Waals surface area contributed by atoms with E-state index in [-0.39, 0.29) is 12.3 Å². The number of carbonyl (C=O) groups excluding carboxylic acids is 1. The minimum absolute atomic E-state index is 0.0300. The molecule has 1 heterocycles. The second-order valence-electron chi connectivity index (χ2n) is 7.32. The van der Waals surface area contributed by atoms with Crippen LogP contribution in [0.15, 0.2) is 66.5 Å². The Morgan fingerprint density at radius 1 is 1.07 bits per heavy atom. The van der Waals surface area contributed by atoms with Crippen LogP contribution in [0.3, 0.4) is 0 Å². The zero-order chi connectivity index (χ0) is 21.3. The zero-order valence-corrected chi connectivity index (χ0v) is 16.4. The molecule has 0 fully saturated rings. The van der Waals surface area contributed by atoms with Crippen LogP contribution in [-0.4, -0.2) is 10.9 Å². The molecule has 0 bridgehead atoms. The van der Waals surface area contributed by atoms with Crippen LogP contribution in [0.1, 0.15) is 35.6 Å². The number of hydrogen-bond donors (Lipinski definition) is 0. The van der Waals surface area contributed by atoms with E-state index in [1.807, 2.05) is 19.1 Å². The molecule has 1 aromatic heterocycles. The largest absolute Gasteiger partial charge is 0.489 e. The van der Waals surface area contributed by atoms with Gasteiger partial charge in [0.2, 0.25) is 0 Å². The molecule has 0 unspecified atom stereocenters. The lowest BCUT2D eigenvalue weighted by Crippen LogP contribution is -2.11. The van der Waals surface area contributed by atoms with Crippen molar-refractivity contribution in [3.8, 4) is 11.4 Å². The molecule has 1 aliphatic rings. The molecule has 0 aliphatic heterocycles. The number of allylic oxidation sites excluding steroid dienone is 2. The minimum Gasteiger partial charge on any atom is -0.489 e. The van der Waals surface area contributed by atoms with E-state index in [9.17, 15) is 18.0 Å². The average molecular weight is 411 g/mol. The number of alkyl halides is 3. The molecular formula is C24H20F3NO2. The van der Waals surface area contributed by atoms with Crippen LogP contribution in [0.25, 0.3) is 11.3 Å². The summed E-state index contributed by atoms with van der Waals surface area (Å²) in [4.78, 5) is 11.1. The molecule has 3 aromatic rings. The Kier molecular flexibility index (Phi) is 5.24. The number of fused-ring (bicyclic) bond motifs is 1. The summed E-state index contributed by atoms with van der Waals surface area (Å²) >= 11 is 0. The van der Waals surface area contributed by atoms with Gasteiger partial charge in [0.15, 0.2) is 0 Å². The zero-order valence-electron chi connectivity index (χ0n) is 16.4. The fourth-order valence-electron chi connectivity index (χ4n) is 3.80. The molecule has 6 heteroatoms. The Bertz CT molecular complexity index is 1110. The molecule has 0 N–H and O–H groups in total. The monoisotopic (exact) mass is 411 g/mol. The maximum atomic E-state index is 13.6. The lowest BCUT2D eigenvalue weighted by molar-refractivity contribution is -0.137. The van der Waals surface area contributed by atoms with E-state index in [1.54, 1.807) is 36.7 Å². The second-order valence-corrected chi connectivity index (χ2v) is 7.32. The number of hydrogen-bond acceptors (Lipinski definition) is 2. The average Bonchev–Trinajstić information content (AvgIpc) is 3.26. The number of rotatable bonds is 5. The molecule has 1 aliphatic carbocycles. The molecule has 0 radical (unpaired) electrons. The summed E-state index contributed by atoms with van der Waals surface area (Å²) in [6, 6.07) is 13.2. The van der Waals surface area contributed by atoms with Gasteiger partial charge < -0.3 is 9.30 Å². The lowest BCUT2D eigenvalue weighted by Gasteiger charge is -2.19. The summed E-state index contributed by atoms with van der Waals surface area (Å²) in [5.74, 6) is 0.596. The topological polar surface area (TPSA) is 31.2 Å². The number of aryl methyl sites for hydroxylation is 1. The van der Waals surface area contributed by atoms with Crippen LogP contribution in [0.5, 0.6) is 5.75 Å². The van der Waals surface area contributed by atoms with E-state index >= 15 is 0 Å². The number of nitrogens with zero attached hydrogens (tertiary/aromatic N) is 1. The molecule has 0 amide bonds. The van der Waals surface area contributed by atoms with Crippen LogP contribution in [0, 0.1) is 0 Å². The summed E-state index contributed by atoms with van der Waals surface area (Å²) in [7, 11) is 0. The van der Waals surface area contributed by atoms with Crippen LogP contribution < -0.4 is 4.74 Å². The molecule has 0 saturated heterocycles. The molecule has 4 rings (SSSR count). The van der Waals surface area contributed by atoms with Crippen molar-refractivity contribution in [1.29, 1.82) is 0 Å². The molecule has 0 atom stereocenters. The van der Waals surface area contributed by atoms with Gasteiger partial charge in [0.05, 0.1) is 11.3 Å². The molecule has 0 spiro atoms. The highest BCUT2D eigenvalue weighted by Crippen LogP contribution is 2.35. The molecule has 30 heavy (non-hydrogen) atoms. The van der Waals surface area contributed by atoms with Gasteiger partial charge in [-0.05, 0) is 84.0 Å². The first-order valence-electron chi connectivity index (χ1n) is 9.61. The van der Waals surface area contributed by atoms with Crippen LogP contribution in [0.4, 0.5) is 13.2 Å². The van der Waals surface area contributed by atoms with Gasteiger partial charge in [-0.1, -0.05) is 12.1 Å². The summed E-state index contributed by atoms with van der Waals surface area (Å²) in [5.41, 5.74) is 3.69. The Morgan fingerprint density at radius 2 is 1.83 bits per heavy atom. The van der Waals surface area contributed by atoms with E-state index < -0.39 is 11.7 Å². The van der Waals surface area contributed by atoms with Crippen molar-refractivity contribution in [3.05, 3.63) is 88.8 Å². The van der Waals surface area contributed by atoms with E-state index in [2.05, 4.69) is 0 Å². The Morgan fingerprint density at radius 3 is 2.53 bits per heavy atom. The minimum atomic E-state index is -4.47. The number of ether oxygens (including phenoxy) is 1. The van der Waals surface area contributed by atoms with Crippen molar-refractivity contribution >= 4 is 11.9 Å². The lowest BCUT2D eigenvalue weighted by atomic mass is 9.87. The van der Waals surface area contributed by atoms with Crippen molar-refractivity contribution in [1.82, 2.24) is 4.57 Å². The number of aromatic nitrogens is 1. The second kappa shape index (κ2) is 7.86. The molecule has 2 aromatic carbocycles. The number of carbonyl (C=O) groups is 1. The SMILES string of the molecule is CC1=C(C=O)CCc2cc(OCc3ccc(-n4cccc4)c(C(F)(F)F)c3)ccc21. The highest BCUT2D eigenvalue weighted by Gasteiger charge is 2.34. The number of aldehydes is 1. The number of halogens is 3. The third kappa shape index (κ3) is 3.90. The van der Waals surface area contributed by atoms with Crippen LogP contribution in [0.2, 0.25) is 0 Å². The Balaban J connectivity index is 1.56. The van der Waals surface area contributed by atoms with Crippen molar-refractivity contribution in [2.45, 2.75) is 32.5 Å². The highest BCUT2D eigenvalue weighted by atomic mass is 19.4. The van der Waals surface area contributed by atoms with Crippen LogP contribution in [-0.2, 0) is 24.0 Å². The summed E-state index contributed by atoms with van der Waals surface area (Å²) in [5, 5.41) is 0. The van der Waals surface area contributed by atoms with E-state index in [0.29, 0.717) is 17.7 Å². The third-order valence-corrected chi connectivity index (χ3v) is 5.42. The van der Waals surface area contributed by atoms with Crippen LogP contribution >= 0.6 is 0 Å². The molecule has 0 saturated carbocycles. The van der Waals surface area contributed by atoms with Crippen molar-refractivity contribution in [2.75, 3.05) is 0 Å². The van der Waals surface area contributed by atoms with Crippen molar-refractivity contribution in [2.24, 2.45) is 0 Å². The van der Waals surface area contributed by atoms with Gasteiger partial charge in [0, 0.05) is 12.4 Å². The quantitative estimate of drug-likeness (QED) is 0.483. The van der Waals surface area contributed by atoms with Gasteiger partial charge in [0.1, 0.15) is 18.6 Å². The normalized spacial score (nSPS) is 13.9. The van der Waals surface area contributed by atoms with Crippen molar-refractivity contribution < 1.29 is 22.7 Å². The molecule has 3 nitrogen and oxygen atoms in total. The van der Waals surface area contributed by atoms with Crippen molar-refractivity contribution in [3.63, 3.8) is 0 Å². The van der Waals surface area contributed by atoms with E-state index in [0.717, 1.165) is 41.0 Å². The fourth-order valence-corrected chi connectivity index (χ4v) is 3.80. The summed E-state index contributed by atoms with van der Waals surface area (Å²) < 4.78 is 48.0. The summed E-state index contributed by atoms with van der Waals surface area (Å²) in [6.07, 6.45) is 1.02. The Labute approximate surface area is 172 Å². The third-order valence-electron chi connectivity index (χ3n) is 5.42. The first kappa shape index (κ1) is 20.0. The van der Waals surface area contributed by atoms with Gasteiger partial charge in [-0.2, -0.15) is 13.2 Å². The molecule has 154 valence electrons. The van der Waals surface area contributed by atoms with Gasteiger partial charge in [0.25, 0.3) is 0 Å². The highest BCUT2D eigenvalue weighted by molar-refractivity contribution is 5.89. The predicted octanol–water partition coefficient (Wildman–Crippen LogP) is 5.99. The van der Waals surface area contributed by atoms with Gasteiger partial charge in [-0.15, -0.1) is 0 Å². The summed E-state index contributed by atoms with van der Waals surface area (Å²) in [6.45, 7) is 1.95. The Hall–Kier alpha value is -3.28. The first-order chi connectivity index (χ1) is 14.4. The van der Waals surface area contributed by atoms with Gasteiger partial charge >= 0.3 is 6.18 Å². The van der Waals surface area contributed by atoms with Gasteiger partial charge in [-0.25, -0.2) is 0 Å². The first-order valence-corrected chi connectivity index (χ1v) is 9.61. The number of benzene rings is 2. The smallest absolute Gasteiger partial charge is 0.418 e. The molecular weight excluding hydrogens is 391 g/mol. The van der Waals surface area contributed by atoms with E-state index in [1.165, 1.54) is 10.6 Å². The maximum absolute atomic E-state index is 13.6. The van der Waals surface area contributed by atoms with Gasteiger partial charge in [-0.3, -0.25) is 4.79 Å². The van der Waals surface area contributed by atoms with E-state index in [4.69, 9.17) is 4.74 Å². The standard InChI is InChI=1S/C24H20F3NO2/c1-16-19(14-29)6-5-18-13-20(7-8-21(16)18)30-15-17-4-9-23(28-10-2-3-11-28)22(12-17)24(25,26)27/h2-4,7-14H,5-6,15H2,1H3. The predicted molar refractivity (Wildman–Crippen MR) is 109 cm³/mol.